The third-order valence-corrected chi connectivity index (χ3v) is 5.73. The van der Waals surface area contributed by atoms with Crippen molar-refractivity contribution in [2.24, 2.45) is 0 Å². The molecule has 0 spiro atoms. The molecule has 0 aromatic carbocycles. The molecule has 2 aromatic rings. The highest BCUT2D eigenvalue weighted by atomic mass is 19.4. The quantitative estimate of drug-likeness (QED) is 0.666. The zero-order valence-electron chi connectivity index (χ0n) is 19.3. The number of hydrogen-bond donors (Lipinski definition) is 0. The van der Waals surface area contributed by atoms with Crippen LogP contribution in [-0.2, 0) is 22.2 Å². The minimum atomic E-state index is -4.57. The molecule has 0 bridgehead atoms. The molecule has 0 N–H and O–H groups in total. The van der Waals surface area contributed by atoms with E-state index in [0.717, 1.165) is 17.1 Å². The van der Waals surface area contributed by atoms with Crippen molar-refractivity contribution in [2.75, 3.05) is 20.3 Å². The number of methoxy groups -OCH3 is 1. The van der Waals surface area contributed by atoms with Gasteiger partial charge in [0, 0.05) is 32.0 Å². The molecule has 4 heterocycles. The molecular formula is C22H26F3N5O4. The number of hydrogen-bond acceptors (Lipinski definition) is 6. The molecule has 2 aliphatic heterocycles. The van der Waals surface area contributed by atoms with Gasteiger partial charge in [0.25, 0.3) is 5.91 Å². The second-order valence-electron chi connectivity index (χ2n) is 9.41. The van der Waals surface area contributed by atoms with Gasteiger partial charge in [-0.05, 0) is 33.3 Å². The highest BCUT2D eigenvalue weighted by Gasteiger charge is 2.44. The molecular weight excluding hydrogens is 455 g/mol. The molecule has 184 valence electrons. The minimum Gasteiger partial charge on any atom is -0.444 e. The molecule has 2 aromatic heterocycles. The van der Waals surface area contributed by atoms with Gasteiger partial charge in [-0.2, -0.15) is 13.2 Å². The van der Waals surface area contributed by atoms with Crippen LogP contribution >= 0.6 is 0 Å². The smallest absolute Gasteiger partial charge is 0.434 e. The van der Waals surface area contributed by atoms with E-state index in [1.54, 1.807) is 49.8 Å². The second kappa shape index (κ2) is 8.57. The number of fused-ring (bicyclic) bond motifs is 1. The lowest BCUT2D eigenvalue weighted by Gasteiger charge is -2.28. The van der Waals surface area contributed by atoms with E-state index in [9.17, 15) is 22.8 Å². The van der Waals surface area contributed by atoms with Crippen LogP contribution in [-0.4, -0.2) is 74.3 Å². The summed E-state index contributed by atoms with van der Waals surface area (Å²) in [6, 6.07) is 2.70. The zero-order chi connectivity index (χ0) is 24.8. The lowest BCUT2D eigenvalue weighted by atomic mass is 10.1. The van der Waals surface area contributed by atoms with Crippen LogP contribution in [0.25, 0.3) is 5.82 Å². The number of ether oxygens (including phenoxy) is 2. The molecule has 1 saturated heterocycles. The Morgan fingerprint density at radius 2 is 1.97 bits per heavy atom. The summed E-state index contributed by atoms with van der Waals surface area (Å²) in [6.07, 6.45) is -2.69. The predicted octanol–water partition coefficient (Wildman–Crippen LogP) is 3.27. The molecule has 0 aliphatic carbocycles. The lowest BCUT2D eigenvalue weighted by molar-refractivity contribution is -0.140. The standard InChI is InChI=1S/C22H26F3N5O4/c1-21(2,3)34-20(32)30-9-14(7-15(30)11-33-4)29-8-13-5-6-17(27-18(13)19(29)31)28-10-16(26-12-28)22(23,24)25/h5-6,10,12,14-15H,7-9,11H2,1-4H3/t14-,15+/m1/s1. The van der Waals surface area contributed by atoms with E-state index in [1.165, 1.54) is 0 Å². The van der Waals surface area contributed by atoms with E-state index in [4.69, 9.17) is 9.47 Å². The summed E-state index contributed by atoms with van der Waals surface area (Å²) in [6.45, 7) is 6.23. The van der Waals surface area contributed by atoms with Crippen molar-refractivity contribution in [3.8, 4) is 5.82 Å². The number of aromatic nitrogens is 3. The number of likely N-dealkylation sites (tertiary alicyclic amines) is 1. The Morgan fingerprint density at radius 3 is 2.59 bits per heavy atom. The van der Waals surface area contributed by atoms with Gasteiger partial charge in [0.2, 0.25) is 0 Å². The molecule has 4 rings (SSSR count). The number of nitrogens with zero attached hydrogens (tertiary/aromatic N) is 5. The average Bonchev–Trinajstić information content (AvgIpc) is 3.44. The number of imidazole rings is 1. The molecule has 12 heteroatoms. The minimum absolute atomic E-state index is 0.163. The van der Waals surface area contributed by atoms with Gasteiger partial charge in [-0.25, -0.2) is 14.8 Å². The Bertz CT molecular complexity index is 1090. The van der Waals surface area contributed by atoms with Gasteiger partial charge in [0.1, 0.15) is 23.4 Å². The maximum Gasteiger partial charge on any atom is 0.434 e. The molecule has 2 aliphatic rings. The summed E-state index contributed by atoms with van der Waals surface area (Å²) < 4.78 is 50.6. The van der Waals surface area contributed by atoms with Crippen molar-refractivity contribution in [3.63, 3.8) is 0 Å². The van der Waals surface area contributed by atoms with E-state index >= 15 is 0 Å². The Labute approximate surface area is 194 Å². The van der Waals surface area contributed by atoms with Crippen LogP contribution in [0.2, 0.25) is 0 Å². The van der Waals surface area contributed by atoms with Crippen molar-refractivity contribution in [2.45, 2.75) is 57.6 Å². The van der Waals surface area contributed by atoms with Crippen LogP contribution < -0.4 is 0 Å². The van der Waals surface area contributed by atoms with Crippen molar-refractivity contribution in [1.82, 2.24) is 24.3 Å². The largest absolute Gasteiger partial charge is 0.444 e. The molecule has 0 saturated carbocycles. The highest BCUT2D eigenvalue weighted by molar-refractivity contribution is 5.97. The highest BCUT2D eigenvalue weighted by Crippen LogP contribution is 2.32. The van der Waals surface area contributed by atoms with Gasteiger partial charge in [0.15, 0.2) is 5.69 Å². The summed E-state index contributed by atoms with van der Waals surface area (Å²) in [7, 11) is 1.54. The average molecular weight is 481 g/mol. The van der Waals surface area contributed by atoms with Crippen LogP contribution in [0.5, 0.6) is 0 Å². The number of rotatable bonds is 4. The number of pyridine rings is 1. The third kappa shape index (κ3) is 4.72. The summed E-state index contributed by atoms with van der Waals surface area (Å²) in [5.74, 6) is -0.170. The topological polar surface area (TPSA) is 89.8 Å². The first-order valence-corrected chi connectivity index (χ1v) is 10.8. The fourth-order valence-electron chi connectivity index (χ4n) is 4.23. The van der Waals surface area contributed by atoms with Crippen molar-refractivity contribution in [1.29, 1.82) is 0 Å². The Balaban J connectivity index is 1.53. The maximum atomic E-state index is 13.2. The van der Waals surface area contributed by atoms with Crippen molar-refractivity contribution in [3.05, 3.63) is 41.6 Å². The van der Waals surface area contributed by atoms with E-state index in [1.807, 2.05) is 0 Å². The van der Waals surface area contributed by atoms with E-state index in [-0.39, 0.29) is 36.0 Å². The zero-order valence-corrected chi connectivity index (χ0v) is 19.3. The van der Waals surface area contributed by atoms with Gasteiger partial charge in [-0.3, -0.25) is 9.36 Å². The van der Waals surface area contributed by atoms with Gasteiger partial charge >= 0.3 is 12.3 Å². The molecule has 2 atom stereocenters. The number of carbonyl (C=O) groups is 2. The Morgan fingerprint density at radius 1 is 1.24 bits per heavy atom. The molecule has 2 amide bonds. The number of carbonyl (C=O) groups excluding carboxylic acids is 2. The molecule has 0 radical (unpaired) electrons. The summed E-state index contributed by atoms with van der Waals surface area (Å²) >= 11 is 0. The number of halogens is 3. The van der Waals surface area contributed by atoms with Crippen LogP contribution in [0.15, 0.2) is 24.7 Å². The molecule has 0 unspecified atom stereocenters. The Kier molecular flexibility index (Phi) is 6.05. The normalized spacial score (nSPS) is 20.7. The first-order valence-electron chi connectivity index (χ1n) is 10.8. The van der Waals surface area contributed by atoms with E-state index < -0.39 is 23.6 Å². The predicted molar refractivity (Wildman–Crippen MR) is 113 cm³/mol. The molecule has 1 fully saturated rings. The van der Waals surface area contributed by atoms with Gasteiger partial charge < -0.3 is 19.3 Å². The monoisotopic (exact) mass is 481 g/mol. The Hall–Kier alpha value is -3.15. The number of amides is 2. The third-order valence-electron chi connectivity index (χ3n) is 5.73. The molecule has 34 heavy (non-hydrogen) atoms. The van der Waals surface area contributed by atoms with Crippen LogP contribution in [0.3, 0.4) is 0 Å². The summed E-state index contributed by atoms with van der Waals surface area (Å²) in [4.78, 5) is 36.8. The lowest BCUT2D eigenvalue weighted by Crippen LogP contribution is -2.43. The fraction of sp³-hybridized carbons (Fsp3) is 0.545. The van der Waals surface area contributed by atoms with Gasteiger partial charge in [-0.15, -0.1) is 0 Å². The number of alkyl halides is 3. The second-order valence-corrected chi connectivity index (χ2v) is 9.41. The van der Waals surface area contributed by atoms with E-state index in [2.05, 4.69) is 9.97 Å². The van der Waals surface area contributed by atoms with Gasteiger partial charge in [-0.1, -0.05) is 6.07 Å². The summed E-state index contributed by atoms with van der Waals surface area (Å²) in [5, 5.41) is 0. The van der Waals surface area contributed by atoms with Crippen molar-refractivity contribution < 1.29 is 32.2 Å². The molecule has 9 nitrogen and oxygen atoms in total. The first-order chi connectivity index (χ1) is 15.9. The van der Waals surface area contributed by atoms with Crippen LogP contribution in [0, 0.1) is 0 Å². The van der Waals surface area contributed by atoms with Crippen LogP contribution in [0.4, 0.5) is 18.0 Å². The fourth-order valence-corrected chi connectivity index (χ4v) is 4.23. The SMILES string of the molecule is COC[C@@H]1C[C@@H](N2Cc3ccc(-n4cnc(C(F)(F)F)c4)nc3C2=O)CN1C(=O)OC(C)(C)C. The van der Waals surface area contributed by atoms with E-state index in [0.29, 0.717) is 25.1 Å². The van der Waals surface area contributed by atoms with Crippen LogP contribution in [0.1, 0.15) is 48.9 Å². The van der Waals surface area contributed by atoms with Crippen molar-refractivity contribution >= 4 is 12.0 Å². The van der Waals surface area contributed by atoms with Gasteiger partial charge in [0.05, 0.1) is 18.7 Å². The first kappa shape index (κ1) is 24.0. The maximum absolute atomic E-state index is 13.2. The summed E-state index contributed by atoms with van der Waals surface area (Å²) in [5.41, 5.74) is -0.852.